The summed E-state index contributed by atoms with van der Waals surface area (Å²) < 4.78 is 33.2. The van der Waals surface area contributed by atoms with Gasteiger partial charge in [0.2, 0.25) is 22.2 Å². The van der Waals surface area contributed by atoms with Crippen molar-refractivity contribution in [2.45, 2.75) is 56.3 Å². The summed E-state index contributed by atoms with van der Waals surface area (Å²) in [7, 11) is 4.73. The van der Waals surface area contributed by atoms with Gasteiger partial charge in [-0.2, -0.15) is 18.7 Å². The fourth-order valence-electron chi connectivity index (χ4n) is 8.09. The first-order valence-electron chi connectivity index (χ1n) is 18.4. The van der Waals surface area contributed by atoms with Crippen molar-refractivity contribution >= 4 is 76.7 Å². The summed E-state index contributed by atoms with van der Waals surface area (Å²) in [4.78, 5) is 20.7. The van der Waals surface area contributed by atoms with Gasteiger partial charge in [-0.15, -0.1) is 0 Å². The molecule has 0 bridgehead atoms. The second kappa shape index (κ2) is 17.3. The van der Waals surface area contributed by atoms with E-state index in [4.69, 9.17) is 0 Å². The van der Waals surface area contributed by atoms with E-state index >= 15 is 0 Å². The molecule has 282 valence electrons. The van der Waals surface area contributed by atoms with E-state index in [0.717, 1.165) is 90.8 Å². The van der Waals surface area contributed by atoms with Crippen molar-refractivity contribution in [2.75, 3.05) is 111 Å². The number of anilines is 5. The molecule has 4 saturated heterocycles. The molecule has 6 heterocycles. The van der Waals surface area contributed by atoms with Gasteiger partial charge in [0.05, 0.1) is 4.90 Å². The number of halogens is 1. The van der Waals surface area contributed by atoms with E-state index in [1.54, 1.807) is 6.07 Å². The molecule has 7 rings (SSSR count). The molecule has 4 aliphatic rings. The number of piperidine rings is 4. The highest BCUT2D eigenvalue weighted by atomic mass is 79.9. The van der Waals surface area contributed by atoms with Crippen molar-refractivity contribution < 1.29 is 8.42 Å². The fraction of sp³-hybridized carbons (Fsp3) is 0.714. The first kappa shape index (κ1) is 38.5. The lowest BCUT2D eigenvalue weighted by Crippen LogP contribution is -2.41. The second-order valence-corrected chi connectivity index (χ2v) is 19.3. The van der Waals surface area contributed by atoms with Gasteiger partial charge in [0, 0.05) is 107 Å². The molecule has 1 N–H and O–H groups in total. The molecule has 4 aliphatic heterocycles. The van der Waals surface area contributed by atoms with Crippen LogP contribution in [-0.4, -0.2) is 114 Å². The van der Waals surface area contributed by atoms with Crippen LogP contribution in [0.25, 0.3) is 0 Å². The minimum atomic E-state index is -3.21. The van der Waals surface area contributed by atoms with Crippen LogP contribution in [0, 0.1) is 23.7 Å². The van der Waals surface area contributed by atoms with E-state index < -0.39 is 9.84 Å². The van der Waals surface area contributed by atoms with Crippen LogP contribution in [0.2, 0.25) is 0 Å². The van der Waals surface area contributed by atoms with Crippen molar-refractivity contribution in [3.63, 3.8) is 0 Å². The summed E-state index contributed by atoms with van der Waals surface area (Å²) in [5, 5.41) is 5.61. The van der Waals surface area contributed by atoms with Gasteiger partial charge in [-0.3, -0.25) is 0 Å². The van der Waals surface area contributed by atoms with E-state index in [-0.39, 0.29) is 0 Å². The van der Waals surface area contributed by atoms with E-state index in [0.29, 0.717) is 9.37 Å². The van der Waals surface area contributed by atoms with E-state index in [2.05, 4.69) is 54.7 Å². The topological polar surface area (TPSA) is 114 Å². The Morgan fingerprint density at radius 3 is 1.47 bits per heavy atom. The maximum Gasteiger partial charge on any atom is 0.238 e. The zero-order valence-corrected chi connectivity index (χ0v) is 34.8. The molecule has 3 aromatic rings. The van der Waals surface area contributed by atoms with Gasteiger partial charge >= 0.3 is 0 Å². The summed E-state index contributed by atoms with van der Waals surface area (Å²) in [5.74, 6) is 5.05. The van der Waals surface area contributed by atoms with Gasteiger partial charge in [-0.25, -0.2) is 8.42 Å². The number of nitrogens with zero attached hydrogens (tertiary/aromatic N) is 9. The number of aromatic nitrogens is 4. The maximum absolute atomic E-state index is 11.8. The lowest BCUT2D eigenvalue weighted by molar-refractivity contribution is 0.222. The van der Waals surface area contributed by atoms with Crippen LogP contribution >= 0.6 is 39.0 Å². The van der Waals surface area contributed by atoms with Crippen LogP contribution in [0.5, 0.6) is 0 Å². The second-order valence-electron chi connectivity index (χ2n) is 15.0. The van der Waals surface area contributed by atoms with Crippen molar-refractivity contribution in [3.8, 4) is 0 Å². The molecule has 0 spiro atoms. The highest BCUT2D eigenvalue weighted by Crippen LogP contribution is 2.37. The molecule has 0 saturated carbocycles. The minimum absolute atomic E-state index is 0.353. The van der Waals surface area contributed by atoms with Crippen LogP contribution in [0.3, 0.4) is 0 Å². The lowest BCUT2D eigenvalue weighted by Gasteiger charge is -2.40. The van der Waals surface area contributed by atoms with Gasteiger partial charge in [0.1, 0.15) is 0 Å². The molecule has 0 atom stereocenters. The molecule has 0 unspecified atom stereocenters. The SMILES string of the molecule is CN(C)c1nsc(N2CCC(C3CCN(c4ccc(S(C)(=O)=O)c(Br)c4)CC3)CC2)n1.CN(C)c1nsc(N2CCC(C3CCNCC3)CC2)n1. The molecule has 4 fully saturated rings. The molecular weight excluding hydrogens is 769 g/mol. The van der Waals surface area contributed by atoms with E-state index in [9.17, 15) is 8.42 Å². The van der Waals surface area contributed by atoms with Crippen molar-refractivity contribution in [1.82, 2.24) is 24.0 Å². The predicted molar refractivity (Wildman–Crippen MR) is 216 cm³/mol. The first-order valence-corrected chi connectivity index (χ1v) is 22.7. The van der Waals surface area contributed by atoms with E-state index in [1.165, 1.54) is 93.8 Å². The predicted octanol–water partition coefficient (Wildman–Crippen LogP) is 5.72. The Morgan fingerprint density at radius 2 is 1.10 bits per heavy atom. The third-order valence-corrected chi connectivity index (χ3v) is 14.8. The Balaban J connectivity index is 0.000000193. The Morgan fingerprint density at radius 1 is 0.686 bits per heavy atom. The molecule has 0 amide bonds. The third-order valence-electron chi connectivity index (χ3n) is 11.2. The highest BCUT2D eigenvalue weighted by molar-refractivity contribution is 9.10. The van der Waals surface area contributed by atoms with Crippen molar-refractivity contribution in [1.29, 1.82) is 0 Å². The van der Waals surface area contributed by atoms with Crippen molar-refractivity contribution in [3.05, 3.63) is 22.7 Å². The Hall–Kier alpha value is -2.27. The molecule has 2 aromatic heterocycles. The first-order chi connectivity index (χ1) is 24.5. The summed E-state index contributed by atoms with van der Waals surface area (Å²) in [6.45, 7) is 8.91. The van der Waals surface area contributed by atoms with Crippen LogP contribution in [0.4, 0.5) is 27.8 Å². The molecule has 0 aliphatic carbocycles. The summed E-state index contributed by atoms with van der Waals surface area (Å²) in [6.07, 6.45) is 11.5. The van der Waals surface area contributed by atoms with Gasteiger partial charge in [0.25, 0.3) is 0 Å². The largest absolute Gasteiger partial charge is 0.371 e. The average molecular weight is 824 g/mol. The summed E-state index contributed by atoms with van der Waals surface area (Å²) in [6, 6.07) is 5.59. The molecule has 0 radical (unpaired) electrons. The number of hydrogen-bond acceptors (Lipinski definition) is 14. The lowest BCUT2D eigenvalue weighted by atomic mass is 9.79. The molecule has 12 nitrogen and oxygen atoms in total. The molecular formula is C35H55BrN10O2S3. The number of rotatable bonds is 8. The van der Waals surface area contributed by atoms with E-state index in [1.807, 2.05) is 50.1 Å². The van der Waals surface area contributed by atoms with Crippen molar-refractivity contribution in [2.24, 2.45) is 23.7 Å². The number of sulfone groups is 1. The highest BCUT2D eigenvalue weighted by Gasteiger charge is 2.31. The van der Waals surface area contributed by atoms with Crippen LogP contribution in [0.15, 0.2) is 27.6 Å². The number of benzene rings is 1. The van der Waals surface area contributed by atoms with Gasteiger partial charge in [-0.1, -0.05) is 0 Å². The van der Waals surface area contributed by atoms with Gasteiger partial charge in [0.15, 0.2) is 9.84 Å². The van der Waals surface area contributed by atoms with Crippen LogP contribution in [-0.2, 0) is 9.84 Å². The number of nitrogens with one attached hydrogen (secondary N) is 1. The molecule has 16 heteroatoms. The summed E-state index contributed by atoms with van der Waals surface area (Å²) >= 11 is 6.47. The smallest absolute Gasteiger partial charge is 0.238 e. The monoisotopic (exact) mass is 822 g/mol. The molecule has 51 heavy (non-hydrogen) atoms. The van der Waals surface area contributed by atoms with Crippen LogP contribution < -0.4 is 29.8 Å². The maximum atomic E-state index is 11.8. The minimum Gasteiger partial charge on any atom is -0.371 e. The molecule has 1 aromatic carbocycles. The summed E-state index contributed by atoms with van der Waals surface area (Å²) in [5.41, 5.74) is 1.10. The average Bonchev–Trinajstić information content (AvgIpc) is 3.84. The Labute approximate surface area is 321 Å². The normalized spacial score (nSPS) is 20.3. The quantitative estimate of drug-likeness (QED) is 0.300. The fourth-order valence-corrected chi connectivity index (χ4v) is 11.6. The Bertz CT molecular complexity index is 1650. The standard InChI is InChI=1S/C21H30BrN5O2S2.C14H25N5S/c1-25(2)20-23-21(30-24-20)27-12-8-16(9-13-27)15-6-10-26(11-7-15)17-4-5-19(18(22)14-17)31(3,28)29;1-18(2)13-16-14(20-17-13)19-9-5-12(6-10-19)11-3-7-15-8-4-11/h4-5,14-16H,6-13H2,1-3H3;11-12,15H,3-10H2,1-2H3. The van der Waals surface area contributed by atoms with Crippen LogP contribution in [0.1, 0.15) is 51.4 Å². The third kappa shape index (κ3) is 9.84. The van der Waals surface area contributed by atoms with Gasteiger partial charge < -0.3 is 29.8 Å². The van der Waals surface area contributed by atoms with Gasteiger partial charge in [-0.05, 0) is 122 Å². The number of hydrogen-bond donors (Lipinski definition) is 1. The Kier molecular flexibility index (Phi) is 13.0. The zero-order valence-electron chi connectivity index (χ0n) is 30.8. The zero-order chi connectivity index (χ0) is 36.1.